The number of piperidine rings is 1. The molecule has 0 aromatic heterocycles. The summed E-state index contributed by atoms with van der Waals surface area (Å²) in [5.41, 5.74) is 0.996. The number of Topliss-reactive ketones (excluding diaryl/α,β-unsaturated/α-hetero) is 1. The van der Waals surface area contributed by atoms with E-state index in [9.17, 15) is 9.90 Å². The molecule has 1 N–H and O–H groups in total. The largest absolute Gasteiger partial charge is 0.493 e. The number of ketones is 1. The van der Waals surface area contributed by atoms with E-state index >= 15 is 0 Å². The third-order valence-electron chi connectivity index (χ3n) is 7.55. The van der Waals surface area contributed by atoms with E-state index in [2.05, 4.69) is 11.0 Å². The molecule has 6 heteroatoms. The van der Waals surface area contributed by atoms with Crippen molar-refractivity contribution in [3.05, 3.63) is 71.0 Å². The lowest BCUT2D eigenvalue weighted by molar-refractivity contribution is -0.141. The number of carbonyl (C=O) groups is 1. The summed E-state index contributed by atoms with van der Waals surface area (Å²) in [6.45, 7) is 1.16. The lowest BCUT2D eigenvalue weighted by Gasteiger charge is -2.61. The van der Waals surface area contributed by atoms with Crippen LogP contribution in [0.2, 0.25) is 0 Å². The Labute approximate surface area is 188 Å². The molecule has 1 aliphatic heterocycles. The summed E-state index contributed by atoms with van der Waals surface area (Å²) in [6.07, 6.45) is 3.12. The van der Waals surface area contributed by atoms with Crippen molar-refractivity contribution in [3.8, 4) is 11.5 Å². The number of allylic oxidation sites excluding steroid dienone is 1. The van der Waals surface area contributed by atoms with Gasteiger partial charge in [0.25, 0.3) is 0 Å². The zero-order valence-corrected chi connectivity index (χ0v) is 18.8. The topological polar surface area (TPSA) is 68.2 Å². The molecule has 0 amide bonds. The van der Waals surface area contributed by atoms with Gasteiger partial charge in [-0.15, -0.1) is 0 Å². The predicted molar refractivity (Wildman–Crippen MR) is 120 cm³/mol. The molecule has 0 saturated carbocycles. The monoisotopic (exact) mass is 435 g/mol. The second-order valence-electron chi connectivity index (χ2n) is 9.08. The summed E-state index contributed by atoms with van der Waals surface area (Å²) in [7, 11) is 5.14. The van der Waals surface area contributed by atoms with Gasteiger partial charge >= 0.3 is 0 Å². The first-order valence-electron chi connectivity index (χ1n) is 11.0. The molecule has 3 atom stereocenters. The Balaban J connectivity index is 1.70. The molecule has 5 rings (SSSR count). The van der Waals surface area contributed by atoms with Crippen molar-refractivity contribution in [2.45, 2.75) is 42.9 Å². The van der Waals surface area contributed by atoms with E-state index < -0.39 is 11.0 Å². The van der Waals surface area contributed by atoms with Crippen LogP contribution >= 0.6 is 0 Å². The summed E-state index contributed by atoms with van der Waals surface area (Å²) < 4.78 is 17.5. The van der Waals surface area contributed by atoms with Crippen LogP contribution in [0.3, 0.4) is 0 Å². The van der Waals surface area contributed by atoms with Crippen LogP contribution in [-0.2, 0) is 28.0 Å². The number of aliphatic hydroxyl groups is 1. The smallest absolute Gasteiger partial charge is 0.198 e. The van der Waals surface area contributed by atoms with Gasteiger partial charge in [-0.25, -0.2) is 0 Å². The van der Waals surface area contributed by atoms with Crippen molar-refractivity contribution in [2.75, 3.05) is 27.8 Å². The number of methoxy groups -OCH3 is 2. The average Bonchev–Trinajstić information content (AvgIpc) is 2.80. The fraction of sp³-hybridized carbons (Fsp3) is 0.423. The number of benzene rings is 2. The maximum Gasteiger partial charge on any atom is 0.198 e. The highest BCUT2D eigenvalue weighted by Crippen LogP contribution is 2.59. The van der Waals surface area contributed by atoms with Crippen LogP contribution in [-0.4, -0.2) is 55.2 Å². The van der Waals surface area contributed by atoms with E-state index in [0.717, 1.165) is 23.2 Å². The summed E-state index contributed by atoms with van der Waals surface area (Å²) in [5, 5.41) is 12.2. The minimum Gasteiger partial charge on any atom is -0.493 e. The Bertz CT molecular complexity index is 1080. The number of fused-ring (bicyclic) bond motifs is 1. The van der Waals surface area contributed by atoms with Crippen LogP contribution in [0.5, 0.6) is 11.5 Å². The number of rotatable bonds is 5. The van der Waals surface area contributed by atoms with E-state index in [1.165, 1.54) is 7.11 Å². The van der Waals surface area contributed by atoms with Crippen molar-refractivity contribution in [1.82, 2.24) is 4.90 Å². The Kier molecular flexibility index (Phi) is 5.02. The van der Waals surface area contributed by atoms with E-state index in [1.807, 2.05) is 43.4 Å². The van der Waals surface area contributed by atoms with Gasteiger partial charge in [0.15, 0.2) is 23.0 Å². The second kappa shape index (κ2) is 7.64. The third-order valence-corrected chi connectivity index (χ3v) is 7.55. The van der Waals surface area contributed by atoms with Gasteiger partial charge < -0.3 is 19.3 Å². The number of hydrogen-bond acceptors (Lipinski definition) is 6. The maximum absolute atomic E-state index is 13.1. The number of carbonyl (C=O) groups excluding carboxylic acids is 1. The molecule has 1 saturated heterocycles. The Morgan fingerprint density at radius 1 is 1.12 bits per heavy atom. The number of likely N-dealkylation sites (tertiary alicyclic amines) is 1. The molecule has 2 aromatic rings. The lowest BCUT2D eigenvalue weighted by atomic mass is 9.51. The van der Waals surface area contributed by atoms with Gasteiger partial charge in [0.05, 0.1) is 14.2 Å². The van der Waals surface area contributed by atoms with Gasteiger partial charge in [0, 0.05) is 23.4 Å². The third kappa shape index (κ3) is 2.90. The first-order valence-corrected chi connectivity index (χ1v) is 11.0. The van der Waals surface area contributed by atoms with E-state index in [1.54, 1.807) is 13.2 Å². The average molecular weight is 436 g/mol. The number of hydrogen-bond donors (Lipinski definition) is 1. The van der Waals surface area contributed by atoms with Gasteiger partial charge in [-0.2, -0.15) is 0 Å². The SMILES string of the molecule is COC1=C[C@]2(O)[C@@H]3Cc4ccc(OC)c(OCc5ccccc5)c4[C@]2(CCN3C)CC1=O. The zero-order valence-electron chi connectivity index (χ0n) is 18.8. The van der Waals surface area contributed by atoms with Crippen LogP contribution in [0.25, 0.3) is 0 Å². The Morgan fingerprint density at radius 3 is 2.62 bits per heavy atom. The molecule has 3 aliphatic rings. The minimum absolute atomic E-state index is 0.0924. The highest BCUT2D eigenvalue weighted by molar-refractivity contribution is 5.97. The van der Waals surface area contributed by atoms with Gasteiger partial charge in [0.1, 0.15) is 12.2 Å². The van der Waals surface area contributed by atoms with Gasteiger partial charge in [-0.05, 0) is 49.7 Å². The number of nitrogens with zero attached hydrogens (tertiary/aromatic N) is 1. The van der Waals surface area contributed by atoms with E-state index in [0.29, 0.717) is 30.9 Å². The van der Waals surface area contributed by atoms with Crippen molar-refractivity contribution < 1.29 is 24.1 Å². The van der Waals surface area contributed by atoms with Gasteiger partial charge in [-0.3, -0.25) is 9.69 Å². The number of likely N-dealkylation sites (N-methyl/N-ethyl adjacent to an activating group) is 1. The number of ether oxygens (including phenoxy) is 3. The second-order valence-corrected chi connectivity index (χ2v) is 9.08. The molecule has 32 heavy (non-hydrogen) atoms. The van der Waals surface area contributed by atoms with Crippen LogP contribution in [0.1, 0.15) is 29.5 Å². The first-order chi connectivity index (χ1) is 15.4. The van der Waals surface area contributed by atoms with Crippen LogP contribution in [0.15, 0.2) is 54.3 Å². The van der Waals surface area contributed by atoms with Crippen LogP contribution < -0.4 is 9.47 Å². The molecule has 2 aliphatic carbocycles. The highest BCUT2D eigenvalue weighted by Gasteiger charge is 2.65. The van der Waals surface area contributed by atoms with E-state index in [-0.39, 0.29) is 24.0 Å². The van der Waals surface area contributed by atoms with Crippen molar-refractivity contribution in [3.63, 3.8) is 0 Å². The summed E-state index contributed by atoms with van der Waals surface area (Å²) >= 11 is 0. The molecule has 2 bridgehead atoms. The molecule has 1 heterocycles. The summed E-state index contributed by atoms with van der Waals surface area (Å²) in [6, 6.07) is 13.8. The predicted octanol–water partition coefficient (Wildman–Crippen LogP) is 3.01. The molecule has 0 unspecified atom stereocenters. The fourth-order valence-corrected chi connectivity index (χ4v) is 5.92. The first kappa shape index (κ1) is 21.0. The summed E-state index contributed by atoms with van der Waals surface area (Å²) in [5.74, 6) is 1.38. The molecule has 168 valence electrons. The highest BCUT2D eigenvalue weighted by atomic mass is 16.5. The van der Waals surface area contributed by atoms with Gasteiger partial charge in [0.2, 0.25) is 0 Å². The van der Waals surface area contributed by atoms with Crippen molar-refractivity contribution in [2.24, 2.45) is 0 Å². The molecule has 2 aromatic carbocycles. The molecule has 0 spiro atoms. The van der Waals surface area contributed by atoms with Crippen LogP contribution in [0, 0.1) is 0 Å². The zero-order chi connectivity index (χ0) is 22.5. The maximum atomic E-state index is 13.1. The summed E-state index contributed by atoms with van der Waals surface area (Å²) in [4.78, 5) is 15.3. The lowest BCUT2D eigenvalue weighted by Crippen LogP contribution is -2.71. The Hall–Kier alpha value is -2.83. The quantitative estimate of drug-likeness (QED) is 0.779. The standard InChI is InChI=1S/C26H29NO5/c1-27-12-11-25-14-19(28)21(31-3)15-26(25,29)22(27)13-18-9-10-20(30-2)24(23(18)25)32-16-17-7-5-4-6-8-17/h4-10,15,22,29H,11-14,16H2,1-3H3/t22-,25-,26-/m0/s1. The molecule has 6 nitrogen and oxygen atoms in total. The van der Waals surface area contributed by atoms with Gasteiger partial charge in [-0.1, -0.05) is 36.4 Å². The van der Waals surface area contributed by atoms with Crippen molar-refractivity contribution in [1.29, 1.82) is 0 Å². The minimum atomic E-state index is -1.25. The van der Waals surface area contributed by atoms with Crippen molar-refractivity contribution >= 4 is 5.78 Å². The van der Waals surface area contributed by atoms with E-state index in [4.69, 9.17) is 14.2 Å². The normalized spacial score (nSPS) is 28.9. The molecular weight excluding hydrogens is 406 g/mol. The Morgan fingerprint density at radius 2 is 1.91 bits per heavy atom. The van der Waals surface area contributed by atoms with Crippen LogP contribution in [0.4, 0.5) is 0 Å². The fourth-order valence-electron chi connectivity index (χ4n) is 5.92. The molecule has 0 radical (unpaired) electrons. The molecule has 1 fully saturated rings. The molecular formula is C26H29NO5.